The van der Waals surface area contributed by atoms with Crippen molar-refractivity contribution >= 4 is 29.9 Å². The van der Waals surface area contributed by atoms with Crippen LogP contribution in [0.4, 0.5) is 0 Å². The number of nitrogens with zero attached hydrogens (tertiary/aromatic N) is 4. The van der Waals surface area contributed by atoms with E-state index >= 15 is 0 Å². The summed E-state index contributed by atoms with van der Waals surface area (Å²) in [5.74, 6) is 3.63. The van der Waals surface area contributed by atoms with Gasteiger partial charge in [0.15, 0.2) is 5.96 Å². The first-order chi connectivity index (χ1) is 13.3. The van der Waals surface area contributed by atoms with Gasteiger partial charge in [-0.15, -0.1) is 24.0 Å². The normalized spacial score (nSPS) is 20.3. The van der Waals surface area contributed by atoms with Crippen molar-refractivity contribution in [1.29, 1.82) is 0 Å². The van der Waals surface area contributed by atoms with E-state index in [0.29, 0.717) is 12.6 Å². The van der Waals surface area contributed by atoms with Gasteiger partial charge in [0.1, 0.15) is 17.4 Å². The molecule has 1 unspecified atom stereocenters. The fourth-order valence-electron chi connectivity index (χ4n) is 3.67. The van der Waals surface area contributed by atoms with Gasteiger partial charge in [0.25, 0.3) is 0 Å². The van der Waals surface area contributed by atoms with Crippen molar-refractivity contribution in [3.63, 3.8) is 0 Å². The molecule has 0 spiro atoms. The Morgan fingerprint density at radius 1 is 1.29 bits per heavy atom. The molecule has 0 amide bonds. The highest BCUT2D eigenvalue weighted by Gasteiger charge is 2.25. The molecule has 1 saturated heterocycles. The molecule has 2 aliphatic heterocycles. The van der Waals surface area contributed by atoms with Crippen LogP contribution in [0, 0.1) is 6.92 Å². The lowest BCUT2D eigenvalue weighted by Gasteiger charge is -2.29. The van der Waals surface area contributed by atoms with Gasteiger partial charge < -0.3 is 19.8 Å². The Morgan fingerprint density at radius 2 is 2.14 bits per heavy atom. The van der Waals surface area contributed by atoms with Crippen molar-refractivity contribution in [1.82, 2.24) is 25.4 Å². The van der Waals surface area contributed by atoms with Crippen molar-refractivity contribution in [3.8, 4) is 0 Å². The first kappa shape index (κ1) is 21.1. The lowest BCUT2D eigenvalue weighted by Crippen LogP contribution is -2.47. The highest BCUT2D eigenvalue weighted by atomic mass is 127. The topological polar surface area (TPSA) is 89.5 Å². The van der Waals surface area contributed by atoms with Gasteiger partial charge in [0.2, 0.25) is 0 Å². The number of fused-ring (bicyclic) bond motifs is 1. The molecule has 2 N–H and O–H groups in total. The highest BCUT2D eigenvalue weighted by molar-refractivity contribution is 14.0. The third-order valence-electron chi connectivity index (χ3n) is 5.06. The molecule has 8 nitrogen and oxygen atoms in total. The summed E-state index contributed by atoms with van der Waals surface area (Å²) in [6.45, 7) is 5.15. The van der Waals surface area contributed by atoms with Gasteiger partial charge in [0.05, 0.1) is 12.3 Å². The maximum Gasteiger partial charge on any atom is 0.192 e. The highest BCUT2D eigenvalue weighted by Crippen LogP contribution is 2.23. The molecule has 0 aliphatic carbocycles. The average molecular weight is 500 g/mol. The van der Waals surface area contributed by atoms with Gasteiger partial charge in [-0.1, -0.05) is 0 Å². The number of nitrogens with one attached hydrogen (secondary N) is 2. The predicted octanol–water partition coefficient (Wildman–Crippen LogP) is 2.59. The molecule has 0 radical (unpaired) electrons. The number of guanidine groups is 1. The summed E-state index contributed by atoms with van der Waals surface area (Å²) in [5, 5.41) is 11.7. The van der Waals surface area contributed by atoms with Gasteiger partial charge >= 0.3 is 0 Å². The summed E-state index contributed by atoms with van der Waals surface area (Å²) in [4.78, 5) is 9.43. The lowest BCUT2D eigenvalue weighted by molar-refractivity contribution is 0.0821. The second-order valence-electron chi connectivity index (χ2n) is 7.17. The van der Waals surface area contributed by atoms with E-state index in [1.165, 1.54) is 0 Å². The molecule has 1 fully saturated rings. The third-order valence-corrected chi connectivity index (χ3v) is 5.06. The summed E-state index contributed by atoms with van der Waals surface area (Å²) in [7, 11) is 0. The zero-order valence-corrected chi connectivity index (χ0v) is 18.6. The number of furan rings is 1. The number of rotatable bonds is 5. The number of aromatic nitrogens is 3. The monoisotopic (exact) mass is 500 g/mol. The van der Waals surface area contributed by atoms with Gasteiger partial charge in [-0.2, -0.15) is 5.10 Å². The van der Waals surface area contributed by atoms with Crippen LogP contribution in [0.2, 0.25) is 0 Å². The largest absolute Gasteiger partial charge is 0.469 e. The number of aliphatic imine (C=N–C) groups is 1. The maximum absolute atomic E-state index is 5.48. The second kappa shape index (κ2) is 10.2. The Hall–Kier alpha value is -1.62. The minimum Gasteiger partial charge on any atom is -0.469 e. The van der Waals surface area contributed by atoms with E-state index in [1.54, 1.807) is 6.26 Å². The summed E-state index contributed by atoms with van der Waals surface area (Å²) >= 11 is 0. The lowest BCUT2D eigenvalue weighted by atomic mass is 10.1. The zero-order chi connectivity index (χ0) is 18.5. The van der Waals surface area contributed by atoms with Crippen molar-refractivity contribution in [2.24, 2.45) is 4.99 Å². The third kappa shape index (κ3) is 5.47. The van der Waals surface area contributed by atoms with Crippen molar-refractivity contribution in [2.75, 3.05) is 19.8 Å². The zero-order valence-electron chi connectivity index (χ0n) is 16.3. The molecule has 9 heteroatoms. The van der Waals surface area contributed by atoms with Gasteiger partial charge in [-0.25, -0.2) is 9.67 Å². The summed E-state index contributed by atoms with van der Waals surface area (Å²) < 4.78 is 12.9. The fourth-order valence-corrected chi connectivity index (χ4v) is 3.67. The number of aryl methyl sites for hydroxylation is 2. The van der Waals surface area contributed by atoms with E-state index in [1.807, 2.05) is 23.7 Å². The summed E-state index contributed by atoms with van der Waals surface area (Å²) in [6, 6.07) is 4.42. The predicted molar refractivity (Wildman–Crippen MR) is 117 cm³/mol. The molecule has 0 bridgehead atoms. The Labute approximate surface area is 182 Å². The molecule has 0 saturated carbocycles. The molecule has 28 heavy (non-hydrogen) atoms. The number of ether oxygens (including phenoxy) is 1. The van der Waals surface area contributed by atoms with E-state index in [-0.39, 0.29) is 30.0 Å². The Kier molecular flexibility index (Phi) is 7.72. The van der Waals surface area contributed by atoms with Crippen LogP contribution in [0.5, 0.6) is 0 Å². The Morgan fingerprint density at radius 3 is 2.93 bits per heavy atom. The van der Waals surface area contributed by atoms with E-state index in [9.17, 15) is 0 Å². The van der Waals surface area contributed by atoms with Crippen LogP contribution < -0.4 is 10.6 Å². The summed E-state index contributed by atoms with van der Waals surface area (Å²) in [5.41, 5.74) is 0. The molecule has 2 aromatic rings. The van der Waals surface area contributed by atoms with Crippen LogP contribution in [0.25, 0.3) is 0 Å². The van der Waals surface area contributed by atoms with Gasteiger partial charge in [-0.05, 0) is 44.7 Å². The van der Waals surface area contributed by atoms with E-state index in [2.05, 4.69) is 20.7 Å². The van der Waals surface area contributed by atoms with Gasteiger partial charge in [0, 0.05) is 38.8 Å². The molecule has 2 aliphatic rings. The Bertz CT molecular complexity index is 755. The average Bonchev–Trinajstić information content (AvgIpc) is 3.32. The van der Waals surface area contributed by atoms with E-state index < -0.39 is 0 Å². The number of halogens is 1. The van der Waals surface area contributed by atoms with Crippen LogP contribution in [0.1, 0.15) is 49.1 Å². The van der Waals surface area contributed by atoms with Crippen LogP contribution in [0.15, 0.2) is 27.8 Å². The van der Waals surface area contributed by atoms with Crippen LogP contribution in [-0.2, 0) is 17.7 Å². The van der Waals surface area contributed by atoms with Crippen molar-refractivity contribution in [3.05, 3.63) is 35.8 Å². The summed E-state index contributed by atoms with van der Waals surface area (Å²) in [6.07, 6.45) is 6.61. The fraction of sp³-hybridized carbons (Fsp3) is 0.632. The minimum atomic E-state index is 0. The molecule has 154 valence electrons. The van der Waals surface area contributed by atoms with E-state index in [0.717, 1.165) is 75.2 Å². The molecule has 4 rings (SSSR count). The first-order valence-corrected chi connectivity index (χ1v) is 9.87. The molecule has 1 atom stereocenters. The molecule has 0 aromatic carbocycles. The molecule has 4 heterocycles. The molecule has 2 aromatic heterocycles. The number of hydrogen-bond donors (Lipinski definition) is 2. The second-order valence-corrected chi connectivity index (χ2v) is 7.17. The van der Waals surface area contributed by atoms with Crippen LogP contribution in [0.3, 0.4) is 0 Å². The van der Waals surface area contributed by atoms with Crippen LogP contribution in [-0.4, -0.2) is 46.5 Å². The van der Waals surface area contributed by atoms with Crippen LogP contribution >= 0.6 is 24.0 Å². The minimum absolute atomic E-state index is 0. The maximum atomic E-state index is 5.48. The number of hydrogen-bond acceptors (Lipinski definition) is 5. The molecular formula is C19H29IN6O2. The first-order valence-electron chi connectivity index (χ1n) is 9.87. The van der Waals surface area contributed by atoms with Gasteiger partial charge in [-0.3, -0.25) is 4.99 Å². The SMILES string of the molecule is Cc1nc2n(n1)CCCC2NC(=NCCc1ccco1)NC1CCOCC1.I. The van der Waals surface area contributed by atoms with E-state index in [4.69, 9.17) is 14.1 Å². The molecular weight excluding hydrogens is 471 g/mol. The standard InChI is InChI=1S/C19H28N6O2.HI/c1-14-21-18-17(5-2-10-25(18)24-14)23-19(22-15-7-12-26-13-8-15)20-9-6-16-4-3-11-27-16;/h3-4,11,15,17H,2,5-10,12-13H2,1H3,(H2,20,22,23);1H. The Balaban J connectivity index is 0.00000225. The smallest absolute Gasteiger partial charge is 0.192 e. The van der Waals surface area contributed by atoms with Crippen molar-refractivity contribution in [2.45, 2.75) is 57.7 Å². The quantitative estimate of drug-likeness (QED) is 0.373. The van der Waals surface area contributed by atoms with Crippen molar-refractivity contribution < 1.29 is 9.15 Å².